The van der Waals surface area contributed by atoms with Gasteiger partial charge in [-0.05, 0) is 40.0 Å². The molecule has 0 aromatic carbocycles. The van der Waals surface area contributed by atoms with Crippen molar-refractivity contribution in [3.63, 3.8) is 0 Å². The maximum Gasteiger partial charge on any atom is 0.311 e. The van der Waals surface area contributed by atoms with Gasteiger partial charge in [-0.3, -0.25) is 4.79 Å². The van der Waals surface area contributed by atoms with Gasteiger partial charge in [0.1, 0.15) is 6.10 Å². The molecule has 0 aliphatic heterocycles. The molecule has 0 radical (unpaired) electrons. The van der Waals surface area contributed by atoms with Gasteiger partial charge in [0.15, 0.2) is 0 Å². The van der Waals surface area contributed by atoms with E-state index in [1.807, 2.05) is 20.8 Å². The number of carbonyl (C=O) groups is 1. The van der Waals surface area contributed by atoms with Crippen LogP contribution in [0, 0.1) is 5.41 Å². The van der Waals surface area contributed by atoms with E-state index in [0.29, 0.717) is 0 Å². The van der Waals surface area contributed by atoms with E-state index >= 15 is 0 Å². The van der Waals surface area contributed by atoms with Gasteiger partial charge in [0.05, 0.1) is 10.8 Å². The minimum Gasteiger partial charge on any atom is -0.460 e. The van der Waals surface area contributed by atoms with E-state index in [-0.39, 0.29) is 17.5 Å². The van der Waals surface area contributed by atoms with E-state index in [1.54, 1.807) is 0 Å². The number of esters is 1. The maximum absolute atomic E-state index is 11.6. The molecule has 2 nitrogen and oxygen atoms in total. The fourth-order valence-electron chi connectivity index (χ4n) is 1.50. The Hall–Kier alpha value is -0.240. The minimum absolute atomic E-state index is 0.00931. The van der Waals surface area contributed by atoms with Gasteiger partial charge in [-0.2, -0.15) is 0 Å². The Morgan fingerprint density at radius 3 is 2.36 bits per heavy atom. The SMILES string of the molecule is CC(C)(C)C(=O)O[C@@H]1CCCC[C@H]1Cl. The number of halogens is 1. The molecule has 82 valence electrons. The van der Waals surface area contributed by atoms with Crippen LogP contribution in [0.1, 0.15) is 46.5 Å². The molecule has 1 saturated carbocycles. The molecule has 1 rings (SSSR count). The summed E-state index contributed by atoms with van der Waals surface area (Å²) in [5.41, 5.74) is -0.423. The molecular formula is C11H19ClO2. The van der Waals surface area contributed by atoms with Crippen molar-refractivity contribution >= 4 is 17.6 Å². The van der Waals surface area contributed by atoms with Crippen molar-refractivity contribution in [2.45, 2.75) is 57.9 Å². The molecule has 3 heteroatoms. The zero-order valence-electron chi connectivity index (χ0n) is 9.18. The molecule has 0 saturated heterocycles. The highest BCUT2D eigenvalue weighted by molar-refractivity contribution is 6.21. The first-order valence-corrected chi connectivity index (χ1v) is 5.70. The smallest absolute Gasteiger partial charge is 0.311 e. The first kappa shape index (κ1) is 11.8. The minimum atomic E-state index is -0.423. The van der Waals surface area contributed by atoms with E-state index in [0.717, 1.165) is 25.7 Å². The van der Waals surface area contributed by atoms with Gasteiger partial charge in [0.2, 0.25) is 0 Å². The topological polar surface area (TPSA) is 26.3 Å². The van der Waals surface area contributed by atoms with Crippen LogP contribution < -0.4 is 0 Å². The number of hydrogen-bond donors (Lipinski definition) is 0. The molecule has 2 atom stereocenters. The predicted molar refractivity (Wildman–Crippen MR) is 57.4 cm³/mol. The second kappa shape index (κ2) is 4.52. The highest BCUT2D eigenvalue weighted by Crippen LogP contribution is 2.27. The lowest BCUT2D eigenvalue weighted by molar-refractivity contribution is -0.159. The fraction of sp³-hybridized carbons (Fsp3) is 0.909. The van der Waals surface area contributed by atoms with Crippen LogP contribution in [-0.4, -0.2) is 17.5 Å². The number of alkyl halides is 1. The fourth-order valence-corrected chi connectivity index (χ4v) is 1.83. The Morgan fingerprint density at radius 2 is 1.86 bits per heavy atom. The van der Waals surface area contributed by atoms with Gasteiger partial charge in [-0.1, -0.05) is 6.42 Å². The zero-order valence-corrected chi connectivity index (χ0v) is 9.93. The molecule has 0 N–H and O–H groups in total. The Balaban J connectivity index is 2.46. The average Bonchev–Trinajstić information content (AvgIpc) is 2.07. The first-order chi connectivity index (χ1) is 6.41. The van der Waals surface area contributed by atoms with Gasteiger partial charge in [-0.15, -0.1) is 11.6 Å². The van der Waals surface area contributed by atoms with E-state index in [2.05, 4.69) is 0 Å². The van der Waals surface area contributed by atoms with Crippen LogP contribution >= 0.6 is 11.6 Å². The molecule has 1 aliphatic carbocycles. The highest BCUT2D eigenvalue weighted by Gasteiger charge is 2.31. The molecular weight excluding hydrogens is 200 g/mol. The van der Waals surface area contributed by atoms with E-state index < -0.39 is 5.41 Å². The second-order valence-corrected chi connectivity index (χ2v) is 5.55. The van der Waals surface area contributed by atoms with Crippen LogP contribution in [0.15, 0.2) is 0 Å². The Morgan fingerprint density at radius 1 is 1.29 bits per heavy atom. The van der Waals surface area contributed by atoms with Gasteiger partial charge in [-0.25, -0.2) is 0 Å². The quantitative estimate of drug-likeness (QED) is 0.499. The molecule has 1 aliphatic rings. The maximum atomic E-state index is 11.6. The standard InChI is InChI=1S/C11H19ClO2/c1-11(2,3)10(13)14-9-7-5-4-6-8(9)12/h8-9H,4-7H2,1-3H3/t8-,9-/m1/s1. The molecule has 0 unspecified atom stereocenters. The summed E-state index contributed by atoms with van der Waals surface area (Å²) in [7, 11) is 0. The summed E-state index contributed by atoms with van der Waals surface area (Å²) in [5.74, 6) is -0.143. The molecule has 0 spiro atoms. The van der Waals surface area contributed by atoms with Crippen LogP contribution in [-0.2, 0) is 9.53 Å². The van der Waals surface area contributed by atoms with Crippen LogP contribution in [0.2, 0.25) is 0 Å². The monoisotopic (exact) mass is 218 g/mol. The van der Waals surface area contributed by atoms with E-state index in [9.17, 15) is 4.79 Å². The lowest BCUT2D eigenvalue weighted by atomic mass is 9.95. The third-order valence-electron chi connectivity index (χ3n) is 2.49. The van der Waals surface area contributed by atoms with Gasteiger partial charge >= 0.3 is 5.97 Å². The van der Waals surface area contributed by atoms with Crippen molar-refractivity contribution in [3.8, 4) is 0 Å². The summed E-state index contributed by atoms with van der Waals surface area (Å²) in [5, 5.41) is 0.00931. The lowest BCUT2D eigenvalue weighted by Gasteiger charge is -2.29. The Kier molecular flexibility index (Phi) is 3.82. The predicted octanol–water partition coefficient (Wildman–Crippen LogP) is 3.13. The molecule has 0 aromatic rings. The summed E-state index contributed by atoms with van der Waals surface area (Å²) in [4.78, 5) is 11.6. The number of rotatable bonds is 1. The van der Waals surface area contributed by atoms with Gasteiger partial charge in [0.25, 0.3) is 0 Å². The van der Waals surface area contributed by atoms with Crippen molar-refractivity contribution < 1.29 is 9.53 Å². The first-order valence-electron chi connectivity index (χ1n) is 5.26. The summed E-state index contributed by atoms with van der Waals surface area (Å²) in [6, 6.07) is 0. The van der Waals surface area contributed by atoms with Crippen molar-refractivity contribution in [1.29, 1.82) is 0 Å². The molecule has 14 heavy (non-hydrogen) atoms. The Labute approximate surface area is 91.0 Å². The van der Waals surface area contributed by atoms with Gasteiger partial charge < -0.3 is 4.74 Å². The second-order valence-electron chi connectivity index (χ2n) is 4.99. The third kappa shape index (κ3) is 3.16. The molecule has 0 aromatic heterocycles. The highest BCUT2D eigenvalue weighted by atomic mass is 35.5. The third-order valence-corrected chi connectivity index (χ3v) is 2.99. The lowest BCUT2D eigenvalue weighted by Crippen LogP contribution is -2.35. The van der Waals surface area contributed by atoms with Crippen LogP contribution in [0.25, 0.3) is 0 Å². The van der Waals surface area contributed by atoms with Crippen molar-refractivity contribution in [1.82, 2.24) is 0 Å². The van der Waals surface area contributed by atoms with Crippen LogP contribution in [0.4, 0.5) is 0 Å². The van der Waals surface area contributed by atoms with Crippen LogP contribution in [0.3, 0.4) is 0 Å². The number of carbonyl (C=O) groups excluding carboxylic acids is 1. The van der Waals surface area contributed by atoms with Gasteiger partial charge in [0, 0.05) is 0 Å². The summed E-state index contributed by atoms with van der Waals surface area (Å²) in [6.45, 7) is 5.59. The van der Waals surface area contributed by atoms with E-state index in [4.69, 9.17) is 16.3 Å². The zero-order chi connectivity index (χ0) is 10.8. The van der Waals surface area contributed by atoms with Crippen LogP contribution in [0.5, 0.6) is 0 Å². The number of ether oxygens (including phenoxy) is 1. The summed E-state index contributed by atoms with van der Waals surface area (Å²) in [6.07, 6.45) is 4.07. The molecule has 0 amide bonds. The van der Waals surface area contributed by atoms with E-state index in [1.165, 1.54) is 0 Å². The number of hydrogen-bond acceptors (Lipinski definition) is 2. The average molecular weight is 219 g/mol. The van der Waals surface area contributed by atoms with Crippen molar-refractivity contribution in [2.75, 3.05) is 0 Å². The Bertz CT molecular complexity index is 208. The van der Waals surface area contributed by atoms with Crippen molar-refractivity contribution in [2.24, 2.45) is 5.41 Å². The molecule has 0 heterocycles. The largest absolute Gasteiger partial charge is 0.460 e. The summed E-state index contributed by atoms with van der Waals surface area (Å²) < 4.78 is 5.40. The normalized spacial score (nSPS) is 28.6. The summed E-state index contributed by atoms with van der Waals surface area (Å²) >= 11 is 6.10. The molecule has 1 fully saturated rings. The molecule has 0 bridgehead atoms. The van der Waals surface area contributed by atoms with Crippen molar-refractivity contribution in [3.05, 3.63) is 0 Å².